The third-order valence-corrected chi connectivity index (χ3v) is 4.48. The molecule has 0 spiro atoms. The predicted octanol–water partition coefficient (Wildman–Crippen LogP) is 4.28. The first-order chi connectivity index (χ1) is 11.8. The molecule has 2 aromatic heterocycles. The SMILES string of the molecule is Oc1ccc(CSc2nnc(-c3ccccc3)o2)c2cccnc12. The number of pyridine rings is 1. The second-order valence-electron chi connectivity index (χ2n) is 5.17. The van der Waals surface area contributed by atoms with Crippen LogP contribution in [0.5, 0.6) is 5.75 Å². The molecule has 0 saturated heterocycles. The lowest BCUT2D eigenvalue weighted by atomic mass is 10.1. The van der Waals surface area contributed by atoms with E-state index in [1.54, 1.807) is 12.3 Å². The maximum atomic E-state index is 9.90. The number of rotatable bonds is 4. The number of aromatic hydroxyl groups is 1. The Morgan fingerprint density at radius 3 is 2.71 bits per heavy atom. The topological polar surface area (TPSA) is 72.0 Å². The predicted molar refractivity (Wildman–Crippen MR) is 92.7 cm³/mol. The van der Waals surface area contributed by atoms with Gasteiger partial charge in [-0.2, -0.15) is 0 Å². The molecule has 118 valence electrons. The van der Waals surface area contributed by atoms with Gasteiger partial charge in [0.2, 0.25) is 5.89 Å². The van der Waals surface area contributed by atoms with Gasteiger partial charge in [0, 0.05) is 22.9 Å². The molecule has 5 nitrogen and oxygen atoms in total. The molecule has 0 amide bonds. The van der Waals surface area contributed by atoms with Crippen molar-refractivity contribution in [2.45, 2.75) is 11.0 Å². The standard InChI is InChI=1S/C18H13N3O2S/c22-15-9-8-13(14-7-4-10-19-16(14)15)11-24-18-21-20-17(23-18)12-5-2-1-3-6-12/h1-10,22H,11H2. The minimum Gasteiger partial charge on any atom is -0.506 e. The van der Waals surface area contributed by atoms with Crippen LogP contribution in [0.3, 0.4) is 0 Å². The van der Waals surface area contributed by atoms with Gasteiger partial charge in [-0.25, -0.2) is 0 Å². The third-order valence-electron chi connectivity index (χ3n) is 3.62. The first-order valence-corrected chi connectivity index (χ1v) is 8.37. The number of hydrogen-bond donors (Lipinski definition) is 1. The Labute approximate surface area is 142 Å². The van der Waals surface area contributed by atoms with E-state index < -0.39 is 0 Å². The maximum Gasteiger partial charge on any atom is 0.277 e. The summed E-state index contributed by atoms with van der Waals surface area (Å²) in [5.41, 5.74) is 2.56. The molecule has 24 heavy (non-hydrogen) atoms. The fourth-order valence-electron chi connectivity index (χ4n) is 2.45. The summed E-state index contributed by atoms with van der Waals surface area (Å²) in [6.45, 7) is 0. The lowest BCUT2D eigenvalue weighted by Gasteiger charge is -2.05. The third kappa shape index (κ3) is 2.83. The van der Waals surface area contributed by atoms with Crippen LogP contribution in [0, 0.1) is 0 Å². The Bertz CT molecular complexity index is 986. The van der Waals surface area contributed by atoms with Crippen LogP contribution in [0.2, 0.25) is 0 Å². The summed E-state index contributed by atoms with van der Waals surface area (Å²) in [6.07, 6.45) is 1.67. The van der Waals surface area contributed by atoms with Gasteiger partial charge in [-0.05, 0) is 29.8 Å². The number of phenols is 1. The minimum atomic E-state index is 0.184. The molecule has 0 aliphatic heterocycles. The summed E-state index contributed by atoms with van der Waals surface area (Å²) in [7, 11) is 0. The molecule has 6 heteroatoms. The summed E-state index contributed by atoms with van der Waals surface area (Å²) in [4.78, 5) is 4.23. The molecule has 4 aromatic rings. The molecule has 4 rings (SSSR count). The molecular formula is C18H13N3O2S. The van der Waals surface area contributed by atoms with Gasteiger partial charge in [-0.1, -0.05) is 42.1 Å². The van der Waals surface area contributed by atoms with Gasteiger partial charge in [0.05, 0.1) is 0 Å². The second-order valence-corrected chi connectivity index (χ2v) is 6.10. The normalized spacial score (nSPS) is 11.0. The lowest BCUT2D eigenvalue weighted by molar-refractivity contribution is 0.466. The van der Waals surface area contributed by atoms with Crippen LogP contribution in [0.4, 0.5) is 0 Å². The van der Waals surface area contributed by atoms with E-state index >= 15 is 0 Å². The van der Waals surface area contributed by atoms with Crippen LogP contribution in [0.15, 0.2) is 70.4 Å². The summed E-state index contributed by atoms with van der Waals surface area (Å²) in [5.74, 6) is 1.35. The van der Waals surface area contributed by atoms with Crippen molar-refractivity contribution in [2.24, 2.45) is 0 Å². The van der Waals surface area contributed by atoms with Crippen LogP contribution >= 0.6 is 11.8 Å². The zero-order valence-electron chi connectivity index (χ0n) is 12.6. The van der Waals surface area contributed by atoms with Crippen molar-refractivity contribution in [3.05, 3.63) is 66.4 Å². The van der Waals surface area contributed by atoms with Crippen LogP contribution in [-0.2, 0) is 5.75 Å². The molecule has 2 heterocycles. The van der Waals surface area contributed by atoms with E-state index in [0.717, 1.165) is 16.5 Å². The molecule has 0 unspecified atom stereocenters. The summed E-state index contributed by atoms with van der Waals surface area (Å²) in [5, 5.41) is 19.5. The van der Waals surface area contributed by atoms with Crippen molar-refractivity contribution < 1.29 is 9.52 Å². The van der Waals surface area contributed by atoms with E-state index in [1.165, 1.54) is 11.8 Å². The van der Waals surface area contributed by atoms with E-state index in [-0.39, 0.29) is 5.75 Å². The fourth-order valence-corrected chi connectivity index (χ4v) is 3.21. The van der Waals surface area contributed by atoms with E-state index in [4.69, 9.17) is 4.42 Å². The maximum absolute atomic E-state index is 9.90. The zero-order chi connectivity index (χ0) is 16.4. The van der Waals surface area contributed by atoms with Gasteiger partial charge in [-0.3, -0.25) is 4.98 Å². The van der Waals surface area contributed by atoms with Gasteiger partial charge in [0.1, 0.15) is 11.3 Å². The monoisotopic (exact) mass is 335 g/mol. The molecule has 0 aliphatic rings. The fraction of sp³-hybridized carbons (Fsp3) is 0.0556. The van der Waals surface area contributed by atoms with Gasteiger partial charge in [0.15, 0.2) is 0 Å². The van der Waals surface area contributed by atoms with Gasteiger partial charge < -0.3 is 9.52 Å². The first-order valence-electron chi connectivity index (χ1n) is 7.38. The van der Waals surface area contributed by atoms with Crippen molar-refractivity contribution >= 4 is 22.7 Å². The highest BCUT2D eigenvalue weighted by Crippen LogP contribution is 2.31. The van der Waals surface area contributed by atoms with Gasteiger partial charge in [-0.15, -0.1) is 10.2 Å². The molecular weight excluding hydrogens is 322 g/mol. The number of thioether (sulfide) groups is 1. The van der Waals surface area contributed by atoms with Crippen LogP contribution in [0.25, 0.3) is 22.4 Å². The number of aromatic nitrogens is 3. The summed E-state index contributed by atoms with van der Waals surface area (Å²) in [6, 6.07) is 17.0. The summed E-state index contributed by atoms with van der Waals surface area (Å²) >= 11 is 1.46. The average molecular weight is 335 g/mol. The van der Waals surface area contributed by atoms with Crippen molar-refractivity contribution in [3.63, 3.8) is 0 Å². The van der Waals surface area contributed by atoms with Crippen molar-refractivity contribution in [2.75, 3.05) is 0 Å². The Balaban J connectivity index is 1.56. The van der Waals surface area contributed by atoms with E-state index in [1.807, 2.05) is 48.5 Å². The van der Waals surface area contributed by atoms with Gasteiger partial charge in [0.25, 0.3) is 5.22 Å². The van der Waals surface area contributed by atoms with Crippen LogP contribution in [0.1, 0.15) is 5.56 Å². The zero-order valence-corrected chi connectivity index (χ0v) is 13.4. The Morgan fingerprint density at radius 2 is 1.83 bits per heavy atom. The van der Waals surface area contributed by atoms with E-state index in [9.17, 15) is 5.11 Å². The Hall–Kier alpha value is -2.86. The summed E-state index contributed by atoms with van der Waals surface area (Å²) < 4.78 is 5.70. The second kappa shape index (κ2) is 6.33. The molecule has 0 fully saturated rings. The molecule has 0 aliphatic carbocycles. The Kier molecular flexibility index (Phi) is 3.88. The molecule has 0 bridgehead atoms. The highest BCUT2D eigenvalue weighted by atomic mass is 32.2. The Morgan fingerprint density at radius 1 is 0.958 bits per heavy atom. The molecule has 0 radical (unpaired) electrons. The number of nitrogens with zero attached hydrogens (tertiary/aromatic N) is 3. The quantitative estimate of drug-likeness (QED) is 0.561. The van der Waals surface area contributed by atoms with Crippen LogP contribution in [-0.4, -0.2) is 20.3 Å². The van der Waals surface area contributed by atoms with Crippen molar-refractivity contribution in [1.29, 1.82) is 0 Å². The molecule has 0 atom stereocenters. The number of fused-ring (bicyclic) bond motifs is 1. The smallest absolute Gasteiger partial charge is 0.277 e. The minimum absolute atomic E-state index is 0.184. The van der Waals surface area contributed by atoms with E-state index in [2.05, 4.69) is 15.2 Å². The van der Waals surface area contributed by atoms with E-state index in [0.29, 0.717) is 22.4 Å². The number of benzene rings is 2. The molecule has 2 aromatic carbocycles. The van der Waals surface area contributed by atoms with Crippen LogP contribution < -0.4 is 0 Å². The average Bonchev–Trinajstić information content (AvgIpc) is 3.11. The largest absolute Gasteiger partial charge is 0.506 e. The van der Waals surface area contributed by atoms with Crippen molar-refractivity contribution in [1.82, 2.24) is 15.2 Å². The molecule has 0 saturated carbocycles. The number of phenolic OH excluding ortho intramolecular Hbond substituents is 1. The molecule has 1 N–H and O–H groups in total. The van der Waals surface area contributed by atoms with Gasteiger partial charge >= 0.3 is 0 Å². The van der Waals surface area contributed by atoms with Crippen molar-refractivity contribution in [3.8, 4) is 17.2 Å². The first kappa shape index (κ1) is 14.7. The lowest BCUT2D eigenvalue weighted by Crippen LogP contribution is -1.87. The number of hydrogen-bond acceptors (Lipinski definition) is 6. The highest BCUT2D eigenvalue weighted by Gasteiger charge is 2.11. The highest BCUT2D eigenvalue weighted by molar-refractivity contribution is 7.98.